The lowest BCUT2D eigenvalue weighted by Gasteiger charge is -2.11. The van der Waals surface area contributed by atoms with E-state index in [0.29, 0.717) is 16.4 Å². The number of nitrogens with two attached hydrogens (primary N) is 2. The second kappa shape index (κ2) is 3.92. The lowest BCUT2D eigenvalue weighted by Crippen LogP contribution is -2.13. The van der Waals surface area contributed by atoms with E-state index >= 15 is 0 Å². The van der Waals surface area contributed by atoms with Crippen LogP contribution in [-0.4, -0.2) is 4.98 Å². The van der Waals surface area contributed by atoms with E-state index in [0.717, 1.165) is 5.56 Å². The van der Waals surface area contributed by atoms with Crippen molar-refractivity contribution in [2.24, 2.45) is 5.73 Å². The fourth-order valence-electron chi connectivity index (χ4n) is 1.35. The predicted octanol–water partition coefficient (Wildman–Crippen LogP) is 1.96. The first kappa shape index (κ1) is 10.0. The summed E-state index contributed by atoms with van der Waals surface area (Å²) in [5, 5.41) is 0.512. The third-order valence-electron chi connectivity index (χ3n) is 2.15. The zero-order chi connectivity index (χ0) is 10.8. The van der Waals surface area contributed by atoms with Crippen LogP contribution in [0.5, 0.6) is 0 Å². The Morgan fingerprint density at radius 3 is 2.93 bits per heavy atom. The van der Waals surface area contributed by atoms with Gasteiger partial charge in [-0.05, 0) is 12.1 Å². The Labute approximate surface area is 91.9 Å². The molecule has 0 saturated carbocycles. The Balaban J connectivity index is 2.41. The van der Waals surface area contributed by atoms with Crippen LogP contribution in [-0.2, 0) is 0 Å². The first-order valence-corrected chi connectivity index (χ1v) is 4.75. The number of nitrogen functional groups attached to an aromatic ring is 1. The molecule has 5 heteroatoms. The summed E-state index contributed by atoms with van der Waals surface area (Å²) in [6, 6.07) is 3.13. The zero-order valence-electron chi connectivity index (χ0n) is 7.85. The SMILES string of the molecule is Nc1ncc(Cl)cc1C(N)c1ccoc1. The van der Waals surface area contributed by atoms with Crippen LogP contribution in [0.1, 0.15) is 17.2 Å². The molecular formula is C10H10ClN3O. The van der Waals surface area contributed by atoms with Gasteiger partial charge in [-0.1, -0.05) is 11.6 Å². The molecule has 0 aliphatic rings. The first-order valence-electron chi connectivity index (χ1n) is 4.37. The van der Waals surface area contributed by atoms with Gasteiger partial charge in [0, 0.05) is 17.3 Å². The van der Waals surface area contributed by atoms with Crippen LogP contribution in [0.15, 0.2) is 35.3 Å². The van der Waals surface area contributed by atoms with Gasteiger partial charge in [0.05, 0.1) is 23.6 Å². The Bertz CT molecular complexity index is 456. The van der Waals surface area contributed by atoms with Crippen LogP contribution in [0, 0.1) is 0 Å². The summed E-state index contributed by atoms with van der Waals surface area (Å²) >= 11 is 5.83. The lowest BCUT2D eigenvalue weighted by molar-refractivity contribution is 0.562. The minimum absolute atomic E-state index is 0.366. The lowest BCUT2D eigenvalue weighted by atomic mass is 10.0. The number of anilines is 1. The number of furan rings is 1. The monoisotopic (exact) mass is 223 g/mol. The van der Waals surface area contributed by atoms with Gasteiger partial charge in [0.15, 0.2) is 0 Å². The smallest absolute Gasteiger partial charge is 0.128 e. The van der Waals surface area contributed by atoms with Crippen LogP contribution < -0.4 is 11.5 Å². The van der Waals surface area contributed by atoms with Crippen molar-refractivity contribution >= 4 is 17.4 Å². The second-order valence-corrected chi connectivity index (χ2v) is 3.60. The van der Waals surface area contributed by atoms with Crippen LogP contribution in [0.3, 0.4) is 0 Å². The van der Waals surface area contributed by atoms with Crippen LogP contribution in [0.25, 0.3) is 0 Å². The summed E-state index contributed by atoms with van der Waals surface area (Å²) in [6.45, 7) is 0. The highest BCUT2D eigenvalue weighted by atomic mass is 35.5. The Morgan fingerprint density at radius 2 is 2.27 bits per heavy atom. The van der Waals surface area contributed by atoms with E-state index in [2.05, 4.69) is 4.98 Å². The van der Waals surface area contributed by atoms with Gasteiger partial charge in [0.1, 0.15) is 5.82 Å². The molecule has 1 atom stereocenters. The average molecular weight is 224 g/mol. The summed E-state index contributed by atoms with van der Waals surface area (Å²) in [7, 11) is 0. The van der Waals surface area contributed by atoms with Crippen molar-refractivity contribution in [1.82, 2.24) is 4.98 Å². The maximum absolute atomic E-state index is 5.99. The number of rotatable bonds is 2. The normalized spacial score (nSPS) is 12.7. The molecule has 0 bridgehead atoms. The number of nitrogens with zero attached hydrogens (tertiary/aromatic N) is 1. The number of pyridine rings is 1. The number of hydrogen-bond acceptors (Lipinski definition) is 4. The van der Waals surface area contributed by atoms with Crippen LogP contribution in [0.2, 0.25) is 5.02 Å². The Hall–Kier alpha value is -1.52. The molecule has 2 aromatic rings. The quantitative estimate of drug-likeness (QED) is 0.816. The van der Waals surface area contributed by atoms with Crippen molar-refractivity contribution in [3.8, 4) is 0 Å². The molecule has 4 nitrogen and oxygen atoms in total. The van der Waals surface area contributed by atoms with Gasteiger partial charge in [-0.2, -0.15) is 0 Å². The van der Waals surface area contributed by atoms with E-state index in [9.17, 15) is 0 Å². The van der Waals surface area contributed by atoms with Gasteiger partial charge >= 0.3 is 0 Å². The number of aromatic nitrogens is 1. The Kier molecular flexibility index (Phi) is 2.62. The van der Waals surface area contributed by atoms with Crippen molar-refractivity contribution < 1.29 is 4.42 Å². The van der Waals surface area contributed by atoms with E-state index in [1.807, 2.05) is 0 Å². The molecule has 0 fully saturated rings. The van der Waals surface area contributed by atoms with Gasteiger partial charge in [0.2, 0.25) is 0 Å². The highest BCUT2D eigenvalue weighted by Crippen LogP contribution is 2.25. The molecule has 78 valence electrons. The maximum atomic E-state index is 5.99. The van der Waals surface area contributed by atoms with E-state index in [-0.39, 0.29) is 6.04 Å². The minimum atomic E-state index is -0.366. The van der Waals surface area contributed by atoms with Gasteiger partial charge in [-0.25, -0.2) is 4.98 Å². The molecule has 0 saturated heterocycles. The molecule has 2 aromatic heterocycles. The van der Waals surface area contributed by atoms with Crippen molar-refractivity contribution in [3.63, 3.8) is 0 Å². The third-order valence-corrected chi connectivity index (χ3v) is 2.36. The third kappa shape index (κ3) is 1.95. The highest BCUT2D eigenvalue weighted by Gasteiger charge is 2.14. The summed E-state index contributed by atoms with van der Waals surface area (Å²) in [6.07, 6.45) is 4.62. The maximum Gasteiger partial charge on any atom is 0.128 e. The summed E-state index contributed by atoms with van der Waals surface area (Å²) in [5.74, 6) is 0.383. The molecule has 0 radical (unpaired) electrons. The van der Waals surface area contributed by atoms with Crippen molar-refractivity contribution in [2.75, 3.05) is 5.73 Å². The van der Waals surface area contributed by atoms with E-state index in [4.69, 9.17) is 27.5 Å². The molecule has 2 heterocycles. The standard InChI is InChI=1S/C10H10ClN3O/c11-7-3-8(10(13)14-4-7)9(12)6-1-2-15-5-6/h1-5,9H,12H2,(H2,13,14). The molecule has 0 spiro atoms. The van der Waals surface area contributed by atoms with E-state index in [1.165, 1.54) is 6.20 Å². The number of hydrogen-bond donors (Lipinski definition) is 2. The van der Waals surface area contributed by atoms with Crippen LogP contribution >= 0.6 is 11.6 Å². The van der Waals surface area contributed by atoms with Crippen molar-refractivity contribution in [3.05, 3.63) is 47.0 Å². The largest absolute Gasteiger partial charge is 0.472 e. The molecular weight excluding hydrogens is 214 g/mol. The molecule has 0 aliphatic heterocycles. The van der Waals surface area contributed by atoms with Gasteiger partial charge < -0.3 is 15.9 Å². The Morgan fingerprint density at radius 1 is 1.47 bits per heavy atom. The van der Waals surface area contributed by atoms with Gasteiger partial charge in [-0.3, -0.25) is 0 Å². The molecule has 4 N–H and O–H groups in total. The molecule has 0 amide bonds. The second-order valence-electron chi connectivity index (χ2n) is 3.16. The number of halogens is 1. The minimum Gasteiger partial charge on any atom is -0.472 e. The fourth-order valence-corrected chi connectivity index (χ4v) is 1.51. The molecule has 0 aliphatic carbocycles. The highest BCUT2D eigenvalue weighted by molar-refractivity contribution is 6.30. The fraction of sp³-hybridized carbons (Fsp3) is 0.100. The summed E-state index contributed by atoms with van der Waals surface area (Å²) in [5.41, 5.74) is 13.2. The molecule has 15 heavy (non-hydrogen) atoms. The topological polar surface area (TPSA) is 78.1 Å². The van der Waals surface area contributed by atoms with E-state index < -0.39 is 0 Å². The molecule has 0 aromatic carbocycles. The molecule has 1 unspecified atom stereocenters. The summed E-state index contributed by atoms with van der Waals surface area (Å²) < 4.78 is 4.95. The van der Waals surface area contributed by atoms with Crippen molar-refractivity contribution in [1.29, 1.82) is 0 Å². The van der Waals surface area contributed by atoms with Gasteiger partial charge in [-0.15, -0.1) is 0 Å². The van der Waals surface area contributed by atoms with Gasteiger partial charge in [0.25, 0.3) is 0 Å². The average Bonchev–Trinajstić information content (AvgIpc) is 2.74. The first-order chi connectivity index (χ1) is 7.18. The predicted molar refractivity (Wildman–Crippen MR) is 58.4 cm³/mol. The summed E-state index contributed by atoms with van der Waals surface area (Å²) in [4.78, 5) is 3.94. The van der Waals surface area contributed by atoms with Crippen molar-refractivity contribution in [2.45, 2.75) is 6.04 Å². The van der Waals surface area contributed by atoms with E-state index in [1.54, 1.807) is 24.7 Å². The van der Waals surface area contributed by atoms with Crippen LogP contribution in [0.4, 0.5) is 5.82 Å². The molecule has 2 rings (SSSR count). The zero-order valence-corrected chi connectivity index (χ0v) is 8.61.